The Morgan fingerprint density at radius 3 is 2.17 bits per heavy atom. The number of hydrogen-bond donors (Lipinski definition) is 2. The quantitative estimate of drug-likeness (QED) is 0.870. The Morgan fingerprint density at radius 2 is 1.71 bits per heavy atom. The molecule has 0 aliphatic carbocycles. The fourth-order valence-corrected chi connectivity index (χ4v) is 3.10. The molecule has 0 spiro atoms. The zero-order valence-corrected chi connectivity index (χ0v) is 14.8. The zero-order valence-electron chi connectivity index (χ0n) is 14.8. The standard InChI is InChI=1S/C19H28N2O3/c1-4-19(13-22)9-11-21(12-10-19)18(24)16-7-5-15(6-8-16)17(23)20-14(2)3/h5-8,14,22H,4,9-13H2,1-3H3,(H,20,23). The second-order valence-corrected chi connectivity index (χ2v) is 7.01. The summed E-state index contributed by atoms with van der Waals surface area (Å²) < 4.78 is 0. The molecule has 1 aromatic carbocycles. The Hall–Kier alpha value is -1.88. The fraction of sp³-hybridized carbons (Fsp3) is 0.579. The van der Waals surface area contributed by atoms with Gasteiger partial charge in [0.15, 0.2) is 0 Å². The Labute approximate surface area is 144 Å². The summed E-state index contributed by atoms with van der Waals surface area (Å²) in [5, 5.41) is 12.4. The minimum Gasteiger partial charge on any atom is -0.396 e. The maximum absolute atomic E-state index is 12.6. The Bertz CT molecular complexity index is 567. The van der Waals surface area contributed by atoms with Crippen LogP contribution in [0.1, 0.15) is 60.7 Å². The molecule has 0 saturated carbocycles. The molecule has 5 nitrogen and oxygen atoms in total. The van der Waals surface area contributed by atoms with Crippen molar-refractivity contribution < 1.29 is 14.7 Å². The van der Waals surface area contributed by atoms with Crippen molar-refractivity contribution in [2.75, 3.05) is 19.7 Å². The molecule has 24 heavy (non-hydrogen) atoms. The molecule has 2 amide bonds. The van der Waals surface area contributed by atoms with Crippen molar-refractivity contribution in [3.63, 3.8) is 0 Å². The second kappa shape index (κ2) is 7.79. The molecular weight excluding hydrogens is 304 g/mol. The first-order valence-electron chi connectivity index (χ1n) is 8.72. The van der Waals surface area contributed by atoms with Crippen LogP contribution in [0.3, 0.4) is 0 Å². The highest BCUT2D eigenvalue weighted by atomic mass is 16.3. The lowest BCUT2D eigenvalue weighted by Gasteiger charge is -2.40. The van der Waals surface area contributed by atoms with E-state index in [1.54, 1.807) is 24.3 Å². The summed E-state index contributed by atoms with van der Waals surface area (Å²) in [6.45, 7) is 7.44. The molecule has 0 radical (unpaired) electrons. The predicted octanol–water partition coefficient (Wildman–Crippen LogP) is 2.45. The largest absolute Gasteiger partial charge is 0.396 e. The second-order valence-electron chi connectivity index (χ2n) is 7.01. The highest BCUT2D eigenvalue weighted by Crippen LogP contribution is 2.34. The van der Waals surface area contributed by atoms with Gasteiger partial charge in [-0.15, -0.1) is 0 Å². The Kier molecular flexibility index (Phi) is 5.99. The number of nitrogens with zero attached hydrogens (tertiary/aromatic N) is 1. The highest BCUT2D eigenvalue weighted by molar-refractivity contribution is 5.97. The van der Waals surface area contributed by atoms with E-state index in [4.69, 9.17) is 0 Å². The third kappa shape index (κ3) is 4.15. The minimum absolute atomic E-state index is 0.00605. The summed E-state index contributed by atoms with van der Waals surface area (Å²) in [6, 6.07) is 6.90. The van der Waals surface area contributed by atoms with E-state index in [2.05, 4.69) is 12.2 Å². The molecule has 1 aliphatic rings. The molecule has 1 heterocycles. The molecule has 1 saturated heterocycles. The Morgan fingerprint density at radius 1 is 1.17 bits per heavy atom. The number of benzene rings is 1. The lowest BCUT2D eigenvalue weighted by molar-refractivity contribution is 0.0338. The van der Waals surface area contributed by atoms with Crippen molar-refractivity contribution in [2.45, 2.75) is 46.1 Å². The summed E-state index contributed by atoms with van der Waals surface area (Å²) in [7, 11) is 0. The minimum atomic E-state index is -0.127. The van der Waals surface area contributed by atoms with E-state index < -0.39 is 0 Å². The number of carbonyl (C=O) groups is 2. The van der Waals surface area contributed by atoms with Crippen molar-refractivity contribution >= 4 is 11.8 Å². The first kappa shape index (κ1) is 18.5. The van der Waals surface area contributed by atoms with E-state index in [-0.39, 0.29) is 29.9 Å². The van der Waals surface area contributed by atoms with Crippen molar-refractivity contribution in [3.05, 3.63) is 35.4 Å². The van der Waals surface area contributed by atoms with E-state index in [0.717, 1.165) is 19.3 Å². The average Bonchev–Trinajstić information content (AvgIpc) is 2.61. The van der Waals surface area contributed by atoms with Crippen LogP contribution in [0.25, 0.3) is 0 Å². The van der Waals surface area contributed by atoms with Crippen LogP contribution in [0, 0.1) is 5.41 Å². The lowest BCUT2D eigenvalue weighted by atomic mass is 9.77. The molecule has 5 heteroatoms. The lowest BCUT2D eigenvalue weighted by Crippen LogP contribution is -2.44. The third-order valence-corrected chi connectivity index (χ3v) is 5.01. The Balaban J connectivity index is 2.00. The van der Waals surface area contributed by atoms with Gasteiger partial charge in [0.25, 0.3) is 11.8 Å². The number of carbonyl (C=O) groups excluding carboxylic acids is 2. The van der Waals surface area contributed by atoms with Crippen LogP contribution < -0.4 is 5.32 Å². The van der Waals surface area contributed by atoms with E-state index in [9.17, 15) is 14.7 Å². The maximum atomic E-state index is 12.6. The van der Waals surface area contributed by atoms with Gasteiger partial charge in [-0.25, -0.2) is 0 Å². The molecule has 2 N–H and O–H groups in total. The van der Waals surface area contributed by atoms with Crippen LogP contribution in [-0.4, -0.2) is 47.6 Å². The normalized spacial score (nSPS) is 17.0. The summed E-state index contributed by atoms with van der Waals surface area (Å²) in [5.41, 5.74) is 1.13. The molecular formula is C19H28N2O3. The van der Waals surface area contributed by atoms with Gasteiger partial charge in [-0.1, -0.05) is 6.92 Å². The zero-order chi connectivity index (χ0) is 17.7. The molecule has 1 aromatic rings. The van der Waals surface area contributed by atoms with Gasteiger partial charge in [0.05, 0.1) is 0 Å². The van der Waals surface area contributed by atoms with Crippen LogP contribution in [0.5, 0.6) is 0 Å². The van der Waals surface area contributed by atoms with E-state index in [1.807, 2.05) is 18.7 Å². The fourth-order valence-electron chi connectivity index (χ4n) is 3.10. The highest BCUT2D eigenvalue weighted by Gasteiger charge is 2.34. The summed E-state index contributed by atoms with van der Waals surface area (Å²) in [5.74, 6) is -0.133. The number of aliphatic hydroxyl groups is 1. The van der Waals surface area contributed by atoms with Crippen LogP contribution in [0.4, 0.5) is 0 Å². The van der Waals surface area contributed by atoms with Crippen LogP contribution in [-0.2, 0) is 0 Å². The van der Waals surface area contributed by atoms with Crippen LogP contribution >= 0.6 is 0 Å². The van der Waals surface area contributed by atoms with Gasteiger partial charge in [0.1, 0.15) is 0 Å². The third-order valence-electron chi connectivity index (χ3n) is 5.01. The number of likely N-dealkylation sites (tertiary alicyclic amines) is 1. The summed E-state index contributed by atoms with van der Waals surface area (Å²) >= 11 is 0. The molecule has 0 atom stereocenters. The first-order chi connectivity index (χ1) is 11.4. The monoisotopic (exact) mass is 332 g/mol. The van der Waals surface area contributed by atoms with Crippen molar-refractivity contribution in [3.8, 4) is 0 Å². The number of rotatable bonds is 5. The van der Waals surface area contributed by atoms with Crippen molar-refractivity contribution in [1.29, 1.82) is 0 Å². The van der Waals surface area contributed by atoms with Gasteiger partial charge in [0, 0.05) is 36.9 Å². The molecule has 0 aromatic heterocycles. The van der Waals surface area contributed by atoms with E-state index >= 15 is 0 Å². The summed E-state index contributed by atoms with van der Waals surface area (Å²) in [6.07, 6.45) is 2.60. The van der Waals surface area contributed by atoms with Gasteiger partial charge in [-0.2, -0.15) is 0 Å². The number of amides is 2. The van der Waals surface area contributed by atoms with Gasteiger partial charge < -0.3 is 15.3 Å². The molecule has 1 aliphatic heterocycles. The molecule has 2 rings (SSSR count). The number of aliphatic hydroxyl groups excluding tert-OH is 1. The molecule has 1 fully saturated rings. The smallest absolute Gasteiger partial charge is 0.253 e. The number of nitrogens with one attached hydrogen (secondary N) is 1. The molecule has 132 valence electrons. The predicted molar refractivity (Wildman–Crippen MR) is 94.0 cm³/mol. The average molecular weight is 332 g/mol. The van der Waals surface area contributed by atoms with E-state index in [0.29, 0.717) is 24.2 Å². The van der Waals surface area contributed by atoms with Gasteiger partial charge in [0.2, 0.25) is 0 Å². The van der Waals surface area contributed by atoms with Gasteiger partial charge in [-0.05, 0) is 62.8 Å². The number of hydrogen-bond acceptors (Lipinski definition) is 3. The SMILES string of the molecule is CCC1(CO)CCN(C(=O)c2ccc(C(=O)NC(C)C)cc2)CC1. The van der Waals surface area contributed by atoms with Crippen LogP contribution in [0.2, 0.25) is 0 Å². The molecule has 0 unspecified atom stereocenters. The first-order valence-corrected chi connectivity index (χ1v) is 8.72. The number of piperidine rings is 1. The molecule has 0 bridgehead atoms. The maximum Gasteiger partial charge on any atom is 0.253 e. The van der Waals surface area contributed by atoms with Crippen LogP contribution in [0.15, 0.2) is 24.3 Å². The van der Waals surface area contributed by atoms with Gasteiger partial charge in [-0.3, -0.25) is 9.59 Å². The van der Waals surface area contributed by atoms with Gasteiger partial charge >= 0.3 is 0 Å². The topological polar surface area (TPSA) is 69.6 Å². The van der Waals surface area contributed by atoms with E-state index in [1.165, 1.54) is 0 Å². The van der Waals surface area contributed by atoms with Crippen molar-refractivity contribution in [1.82, 2.24) is 10.2 Å². The summed E-state index contributed by atoms with van der Waals surface area (Å²) in [4.78, 5) is 26.4. The van der Waals surface area contributed by atoms with Crippen molar-refractivity contribution in [2.24, 2.45) is 5.41 Å².